The SMILES string of the molecule is CC1(CNC2CCCCC2)COC1. The summed E-state index contributed by atoms with van der Waals surface area (Å²) in [4.78, 5) is 0. The highest BCUT2D eigenvalue weighted by Crippen LogP contribution is 2.26. The zero-order valence-electron chi connectivity index (χ0n) is 8.64. The maximum atomic E-state index is 5.24. The molecule has 76 valence electrons. The van der Waals surface area contributed by atoms with Crippen LogP contribution < -0.4 is 5.32 Å². The number of hydrogen-bond donors (Lipinski definition) is 1. The van der Waals surface area contributed by atoms with E-state index in [4.69, 9.17) is 4.74 Å². The molecule has 0 unspecified atom stereocenters. The van der Waals surface area contributed by atoms with Gasteiger partial charge in [0.05, 0.1) is 13.2 Å². The molecule has 2 nitrogen and oxygen atoms in total. The second kappa shape index (κ2) is 3.97. The second-order valence-corrected chi connectivity index (χ2v) is 5.02. The molecule has 1 saturated heterocycles. The molecule has 0 aromatic heterocycles. The van der Waals surface area contributed by atoms with Crippen LogP contribution in [0.15, 0.2) is 0 Å². The van der Waals surface area contributed by atoms with Crippen molar-refractivity contribution in [2.75, 3.05) is 19.8 Å². The molecule has 0 amide bonds. The molecule has 2 fully saturated rings. The minimum Gasteiger partial charge on any atom is -0.380 e. The van der Waals surface area contributed by atoms with E-state index in [-0.39, 0.29) is 0 Å². The minimum atomic E-state index is 0.442. The Hall–Kier alpha value is -0.0800. The molecule has 0 bridgehead atoms. The smallest absolute Gasteiger partial charge is 0.0554 e. The molecule has 0 radical (unpaired) electrons. The Labute approximate surface area is 81.0 Å². The summed E-state index contributed by atoms with van der Waals surface area (Å²) >= 11 is 0. The van der Waals surface area contributed by atoms with Gasteiger partial charge in [-0.2, -0.15) is 0 Å². The van der Waals surface area contributed by atoms with Crippen molar-refractivity contribution in [3.8, 4) is 0 Å². The first-order valence-electron chi connectivity index (χ1n) is 5.60. The first-order valence-corrected chi connectivity index (χ1v) is 5.60. The standard InChI is InChI=1S/C11H21NO/c1-11(8-13-9-11)7-12-10-5-3-2-4-6-10/h10,12H,2-9H2,1H3. The minimum absolute atomic E-state index is 0.442. The van der Waals surface area contributed by atoms with Gasteiger partial charge in [0.2, 0.25) is 0 Å². The van der Waals surface area contributed by atoms with Crippen molar-refractivity contribution >= 4 is 0 Å². The van der Waals surface area contributed by atoms with Crippen molar-refractivity contribution in [2.24, 2.45) is 5.41 Å². The van der Waals surface area contributed by atoms with Crippen LogP contribution in [-0.2, 0) is 4.74 Å². The lowest BCUT2D eigenvalue weighted by Gasteiger charge is -2.39. The summed E-state index contributed by atoms with van der Waals surface area (Å²) < 4.78 is 5.24. The van der Waals surface area contributed by atoms with E-state index in [1.54, 1.807) is 0 Å². The maximum Gasteiger partial charge on any atom is 0.0554 e. The van der Waals surface area contributed by atoms with Gasteiger partial charge in [0, 0.05) is 18.0 Å². The highest BCUT2D eigenvalue weighted by atomic mass is 16.5. The quantitative estimate of drug-likeness (QED) is 0.722. The van der Waals surface area contributed by atoms with Crippen molar-refractivity contribution in [1.82, 2.24) is 5.32 Å². The Kier molecular flexibility index (Phi) is 2.89. The molecule has 1 saturated carbocycles. The third-order valence-electron chi connectivity index (χ3n) is 3.32. The third kappa shape index (κ3) is 2.44. The molecular weight excluding hydrogens is 162 g/mol. The van der Waals surface area contributed by atoms with E-state index in [0.29, 0.717) is 5.41 Å². The summed E-state index contributed by atoms with van der Waals surface area (Å²) in [5.74, 6) is 0. The van der Waals surface area contributed by atoms with E-state index >= 15 is 0 Å². The summed E-state index contributed by atoms with van der Waals surface area (Å²) in [6, 6.07) is 0.797. The van der Waals surface area contributed by atoms with Gasteiger partial charge < -0.3 is 10.1 Å². The van der Waals surface area contributed by atoms with Gasteiger partial charge in [0.1, 0.15) is 0 Å². The van der Waals surface area contributed by atoms with Gasteiger partial charge >= 0.3 is 0 Å². The first kappa shape index (κ1) is 9.47. The zero-order valence-corrected chi connectivity index (χ0v) is 8.64. The molecule has 0 aromatic rings. The lowest BCUT2D eigenvalue weighted by molar-refractivity contribution is -0.100. The lowest BCUT2D eigenvalue weighted by Crippen LogP contribution is -2.49. The summed E-state index contributed by atoms with van der Waals surface area (Å²) in [6.45, 7) is 5.36. The lowest BCUT2D eigenvalue weighted by atomic mass is 9.87. The predicted octanol–water partition coefficient (Wildman–Crippen LogP) is 1.95. The second-order valence-electron chi connectivity index (χ2n) is 5.02. The van der Waals surface area contributed by atoms with E-state index in [1.165, 1.54) is 32.1 Å². The van der Waals surface area contributed by atoms with Gasteiger partial charge in [-0.1, -0.05) is 26.2 Å². The highest BCUT2D eigenvalue weighted by Gasteiger charge is 2.33. The van der Waals surface area contributed by atoms with Crippen LogP contribution in [-0.4, -0.2) is 25.8 Å². The van der Waals surface area contributed by atoms with Gasteiger partial charge in [-0.3, -0.25) is 0 Å². The first-order chi connectivity index (χ1) is 6.29. The average molecular weight is 183 g/mol. The number of ether oxygens (including phenoxy) is 1. The van der Waals surface area contributed by atoms with Crippen LogP contribution in [0.1, 0.15) is 39.0 Å². The van der Waals surface area contributed by atoms with Crippen LogP contribution in [0.5, 0.6) is 0 Å². The third-order valence-corrected chi connectivity index (χ3v) is 3.32. The molecule has 1 aliphatic heterocycles. The fraction of sp³-hybridized carbons (Fsp3) is 1.00. The van der Waals surface area contributed by atoms with Gasteiger partial charge in [0.25, 0.3) is 0 Å². The molecule has 1 heterocycles. The van der Waals surface area contributed by atoms with Crippen molar-refractivity contribution in [3.63, 3.8) is 0 Å². The maximum absolute atomic E-state index is 5.24. The monoisotopic (exact) mass is 183 g/mol. The van der Waals surface area contributed by atoms with Crippen molar-refractivity contribution < 1.29 is 4.74 Å². The Morgan fingerprint density at radius 3 is 2.46 bits per heavy atom. The molecule has 2 aliphatic rings. The molecule has 13 heavy (non-hydrogen) atoms. The Balaban J connectivity index is 1.66. The van der Waals surface area contributed by atoms with Gasteiger partial charge in [-0.15, -0.1) is 0 Å². The number of nitrogens with one attached hydrogen (secondary N) is 1. The highest BCUT2D eigenvalue weighted by molar-refractivity contribution is 4.85. The largest absolute Gasteiger partial charge is 0.380 e. The fourth-order valence-electron chi connectivity index (χ4n) is 2.25. The summed E-state index contributed by atoms with van der Waals surface area (Å²) in [5, 5.41) is 3.68. The molecule has 1 aliphatic carbocycles. The Morgan fingerprint density at radius 1 is 1.23 bits per heavy atom. The normalized spacial score (nSPS) is 28.4. The molecule has 1 N–H and O–H groups in total. The fourth-order valence-corrected chi connectivity index (χ4v) is 2.25. The summed E-state index contributed by atoms with van der Waals surface area (Å²) in [7, 11) is 0. The van der Waals surface area contributed by atoms with Gasteiger partial charge in [0.15, 0.2) is 0 Å². The predicted molar refractivity (Wildman–Crippen MR) is 53.8 cm³/mol. The van der Waals surface area contributed by atoms with Crippen LogP contribution in [0.2, 0.25) is 0 Å². The van der Waals surface area contributed by atoms with Crippen molar-refractivity contribution in [2.45, 2.75) is 45.1 Å². The van der Waals surface area contributed by atoms with Crippen molar-refractivity contribution in [1.29, 1.82) is 0 Å². The topological polar surface area (TPSA) is 21.3 Å². The molecule has 0 aromatic carbocycles. The summed E-state index contributed by atoms with van der Waals surface area (Å²) in [5.41, 5.74) is 0.442. The van der Waals surface area contributed by atoms with Gasteiger partial charge in [-0.05, 0) is 12.8 Å². The van der Waals surface area contributed by atoms with E-state index in [0.717, 1.165) is 25.8 Å². The zero-order chi connectivity index (χ0) is 9.15. The average Bonchev–Trinajstić information content (AvgIpc) is 2.13. The molecule has 2 heteroatoms. The molecule has 0 atom stereocenters. The van der Waals surface area contributed by atoms with E-state index in [9.17, 15) is 0 Å². The Bertz CT molecular complexity index is 159. The number of hydrogen-bond acceptors (Lipinski definition) is 2. The van der Waals surface area contributed by atoms with E-state index in [2.05, 4.69) is 12.2 Å². The van der Waals surface area contributed by atoms with Crippen LogP contribution in [0, 0.1) is 5.41 Å². The van der Waals surface area contributed by atoms with Crippen LogP contribution in [0.25, 0.3) is 0 Å². The van der Waals surface area contributed by atoms with Crippen molar-refractivity contribution in [3.05, 3.63) is 0 Å². The van der Waals surface area contributed by atoms with Crippen LogP contribution >= 0.6 is 0 Å². The van der Waals surface area contributed by atoms with Gasteiger partial charge in [-0.25, -0.2) is 0 Å². The van der Waals surface area contributed by atoms with E-state index in [1.807, 2.05) is 0 Å². The summed E-state index contributed by atoms with van der Waals surface area (Å²) in [6.07, 6.45) is 7.06. The number of rotatable bonds is 3. The van der Waals surface area contributed by atoms with Crippen LogP contribution in [0.3, 0.4) is 0 Å². The molecular formula is C11H21NO. The molecule has 2 rings (SSSR count). The molecule has 0 spiro atoms. The van der Waals surface area contributed by atoms with E-state index < -0.39 is 0 Å². The Morgan fingerprint density at radius 2 is 1.92 bits per heavy atom. The van der Waals surface area contributed by atoms with Crippen LogP contribution in [0.4, 0.5) is 0 Å².